The van der Waals surface area contributed by atoms with Crippen LogP contribution in [0.15, 0.2) is 36.2 Å². The van der Waals surface area contributed by atoms with Crippen LogP contribution in [0.25, 0.3) is 16.5 Å². The average molecular weight is 339 g/mol. The molecule has 2 aromatic rings. The van der Waals surface area contributed by atoms with E-state index in [-0.39, 0.29) is 11.9 Å². The molecule has 3 rings (SSSR count). The molecule has 134 valence electrons. The van der Waals surface area contributed by atoms with Gasteiger partial charge in [0.2, 0.25) is 0 Å². The van der Waals surface area contributed by atoms with Crippen LogP contribution in [0.4, 0.5) is 0 Å². The molecule has 0 unspecified atom stereocenters. The average Bonchev–Trinajstić information content (AvgIpc) is 3.09. The van der Waals surface area contributed by atoms with Crippen molar-refractivity contribution in [2.24, 2.45) is 7.05 Å². The van der Waals surface area contributed by atoms with Crippen molar-refractivity contribution < 1.29 is 4.79 Å². The third-order valence-electron chi connectivity index (χ3n) is 5.01. The van der Waals surface area contributed by atoms with Gasteiger partial charge in [-0.3, -0.25) is 4.79 Å². The Labute approximate surface area is 150 Å². The van der Waals surface area contributed by atoms with E-state index in [1.54, 1.807) is 0 Å². The zero-order valence-electron chi connectivity index (χ0n) is 15.8. The monoisotopic (exact) mass is 339 g/mol. The lowest BCUT2D eigenvalue weighted by Crippen LogP contribution is -2.34. The summed E-state index contributed by atoms with van der Waals surface area (Å²) in [6, 6.07) is 8.50. The van der Waals surface area contributed by atoms with Gasteiger partial charge in [-0.1, -0.05) is 38.0 Å². The fourth-order valence-electron chi connectivity index (χ4n) is 3.59. The number of amides is 1. The first-order valence-electron chi connectivity index (χ1n) is 9.37. The van der Waals surface area contributed by atoms with Crippen LogP contribution >= 0.6 is 0 Å². The summed E-state index contributed by atoms with van der Waals surface area (Å²) >= 11 is 0. The van der Waals surface area contributed by atoms with Crippen molar-refractivity contribution in [3.63, 3.8) is 0 Å². The van der Waals surface area contributed by atoms with Gasteiger partial charge in [-0.15, -0.1) is 0 Å². The molecule has 1 N–H and O–H groups in total. The Morgan fingerprint density at radius 2 is 1.96 bits per heavy atom. The zero-order chi connectivity index (χ0) is 18.0. The first-order valence-corrected chi connectivity index (χ1v) is 9.37. The summed E-state index contributed by atoms with van der Waals surface area (Å²) in [7, 11) is 2.04. The molecular weight excluding hydrogens is 310 g/mol. The molecule has 0 bridgehead atoms. The number of nitrogens with one attached hydrogen (secondary N) is 1. The highest BCUT2D eigenvalue weighted by Gasteiger charge is 2.34. The van der Waals surface area contributed by atoms with Gasteiger partial charge < -0.3 is 14.8 Å². The van der Waals surface area contributed by atoms with E-state index in [9.17, 15) is 4.79 Å². The lowest BCUT2D eigenvalue weighted by atomic mass is 10.0. The molecule has 0 saturated heterocycles. The fourth-order valence-corrected chi connectivity index (χ4v) is 3.59. The van der Waals surface area contributed by atoms with Gasteiger partial charge >= 0.3 is 0 Å². The van der Waals surface area contributed by atoms with Crippen LogP contribution in [-0.4, -0.2) is 34.5 Å². The maximum atomic E-state index is 13.1. The molecule has 0 saturated carbocycles. The van der Waals surface area contributed by atoms with Gasteiger partial charge in [-0.2, -0.15) is 0 Å². The van der Waals surface area contributed by atoms with Gasteiger partial charge in [0.15, 0.2) is 0 Å². The number of aryl methyl sites for hydroxylation is 1. The first-order chi connectivity index (χ1) is 12.0. The summed E-state index contributed by atoms with van der Waals surface area (Å²) in [5.41, 5.74) is 4.13. The number of carbonyl (C=O) groups is 1. The van der Waals surface area contributed by atoms with Crippen LogP contribution in [0.5, 0.6) is 0 Å². The second-order valence-electron chi connectivity index (χ2n) is 7.19. The minimum absolute atomic E-state index is 0.143. The van der Waals surface area contributed by atoms with E-state index in [1.165, 1.54) is 12.8 Å². The maximum Gasteiger partial charge on any atom is 0.256 e. The molecule has 1 aromatic heterocycles. The van der Waals surface area contributed by atoms with Gasteiger partial charge in [0.25, 0.3) is 5.91 Å². The van der Waals surface area contributed by atoms with Crippen molar-refractivity contribution in [3.8, 4) is 0 Å². The zero-order valence-corrected chi connectivity index (χ0v) is 15.8. The Morgan fingerprint density at radius 3 is 2.68 bits per heavy atom. The second-order valence-corrected chi connectivity index (χ2v) is 7.19. The van der Waals surface area contributed by atoms with Gasteiger partial charge in [0.05, 0.1) is 12.1 Å². The quantitative estimate of drug-likeness (QED) is 0.776. The molecule has 1 aliphatic rings. The van der Waals surface area contributed by atoms with E-state index in [1.807, 2.05) is 24.1 Å². The third-order valence-corrected chi connectivity index (χ3v) is 5.01. The normalized spacial score (nSPS) is 15.1. The highest BCUT2D eigenvalue weighted by atomic mass is 16.2. The third kappa shape index (κ3) is 3.30. The fraction of sp³-hybridized carbons (Fsp3) is 0.476. The SMILES string of the molecule is CCCCCNC1=C(c2cn(C)c3ccccc23)C(=O)N(C(C)C)C1. The van der Waals surface area contributed by atoms with Crippen molar-refractivity contribution in [3.05, 3.63) is 41.7 Å². The molecule has 1 aliphatic heterocycles. The largest absolute Gasteiger partial charge is 0.386 e. The summed E-state index contributed by atoms with van der Waals surface area (Å²) in [6.45, 7) is 7.98. The van der Waals surface area contributed by atoms with Gasteiger partial charge in [0.1, 0.15) is 0 Å². The number of unbranched alkanes of at least 4 members (excludes halogenated alkanes) is 2. The molecule has 4 nitrogen and oxygen atoms in total. The topological polar surface area (TPSA) is 37.3 Å². The smallest absolute Gasteiger partial charge is 0.256 e. The van der Waals surface area contributed by atoms with E-state index < -0.39 is 0 Å². The highest BCUT2D eigenvalue weighted by Crippen LogP contribution is 2.33. The molecule has 2 heterocycles. The molecule has 4 heteroatoms. The number of fused-ring (bicyclic) bond motifs is 1. The number of nitrogens with zero attached hydrogens (tertiary/aromatic N) is 2. The lowest BCUT2D eigenvalue weighted by molar-refractivity contribution is -0.125. The molecular formula is C21H29N3O. The number of carbonyl (C=O) groups excluding carboxylic acids is 1. The van der Waals surface area contributed by atoms with E-state index in [0.29, 0.717) is 6.54 Å². The minimum Gasteiger partial charge on any atom is -0.386 e. The summed E-state index contributed by atoms with van der Waals surface area (Å²) in [5, 5.41) is 4.71. The van der Waals surface area contributed by atoms with Gasteiger partial charge in [-0.05, 0) is 26.3 Å². The molecule has 0 radical (unpaired) electrons. The number of benzene rings is 1. The number of hydrogen-bond donors (Lipinski definition) is 1. The standard InChI is InChI=1S/C21H29N3O/c1-5-6-9-12-22-18-14-24(15(2)3)21(25)20(18)17-13-23(4)19-11-8-7-10-16(17)19/h7-8,10-11,13,15,22H,5-6,9,12,14H2,1-4H3. The highest BCUT2D eigenvalue weighted by molar-refractivity contribution is 6.25. The Bertz CT molecular complexity index is 801. The first kappa shape index (κ1) is 17.6. The predicted molar refractivity (Wildman–Crippen MR) is 104 cm³/mol. The number of hydrogen-bond acceptors (Lipinski definition) is 2. The van der Waals surface area contributed by atoms with Crippen LogP contribution in [-0.2, 0) is 11.8 Å². The number of rotatable bonds is 7. The number of aromatic nitrogens is 1. The molecule has 25 heavy (non-hydrogen) atoms. The van der Waals surface area contributed by atoms with Crippen LogP contribution in [0.1, 0.15) is 45.6 Å². The van der Waals surface area contributed by atoms with E-state index in [0.717, 1.165) is 40.7 Å². The van der Waals surface area contributed by atoms with Crippen molar-refractivity contribution in [2.45, 2.75) is 46.1 Å². The van der Waals surface area contributed by atoms with Crippen LogP contribution in [0.2, 0.25) is 0 Å². The molecule has 1 aromatic carbocycles. The summed E-state index contributed by atoms with van der Waals surface area (Å²) in [5.74, 6) is 0.143. The predicted octanol–water partition coefficient (Wildman–Crippen LogP) is 3.92. The lowest BCUT2D eigenvalue weighted by Gasteiger charge is -2.21. The Balaban J connectivity index is 2.01. The van der Waals surface area contributed by atoms with Crippen molar-refractivity contribution in [1.29, 1.82) is 0 Å². The van der Waals surface area contributed by atoms with E-state index in [2.05, 4.69) is 49.0 Å². The van der Waals surface area contributed by atoms with Gasteiger partial charge in [0, 0.05) is 48.0 Å². The van der Waals surface area contributed by atoms with Crippen molar-refractivity contribution >= 4 is 22.4 Å². The van der Waals surface area contributed by atoms with Gasteiger partial charge in [-0.25, -0.2) is 0 Å². The van der Waals surface area contributed by atoms with Crippen LogP contribution in [0.3, 0.4) is 0 Å². The Kier molecular flexibility index (Phi) is 5.16. The Morgan fingerprint density at radius 1 is 1.20 bits per heavy atom. The summed E-state index contributed by atoms with van der Waals surface area (Å²) < 4.78 is 2.11. The maximum absolute atomic E-state index is 13.1. The molecule has 0 fully saturated rings. The second kappa shape index (κ2) is 7.34. The van der Waals surface area contributed by atoms with Crippen LogP contribution < -0.4 is 5.32 Å². The van der Waals surface area contributed by atoms with E-state index in [4.69, 9.17) is 0 Å². The molecule has 0 spiro atoms. The van der Waals surface area contributed by atoms with E-state index >= 15 is 0 Å². The van der Waals surface area contributed by atoms with Crippen molar-refractivity contribution in [2.75, 3.05) is 13.1 Å². The summed E-state index contributed by atoms with van der Waals surface area (Å²) in [6.07, 6.45) is 5.65. The molecule has 0 aliphatic carbocycles. The Hall–Kier alpha value is -2.23. The minimum atomic E-state index is 0.143. The van der Waals surface area contributed by atoms with Crippen molar-refractivity contribution in [1.82, 2.24) is 14.8 Å². The van der Waals surface area contributed by atoms with Crippen LogP contribution in [0, 0.1) is 0 Å². The number of para-hydroxylation sites is 1. The summed E-state index contributed by atoms with van der Waals surface area (Å²) in [4.78, 5) is 15.1. The molecule has 1 amide bonds. The molecule has 0 atom stereocenters.